The Morgan fingerprint density at radius 2 is 1.84 bits per heavy atom. The molecule has 0 spiro atoms. The predicted molar refractivity (Wildman–Crippen MR) is 102 cm³/mol. The standard InChI is InChI=1S/C21H24N4/c1-2-15-9-11-17(12-10-15)23-21-18-7-3-4-8-19(18)24-20(25-21)16-6-5-13-22-14-16/h3-8,13-15,17H,2,9-12H2,1H3,(H,23,24,25). The minimum absolute atomic E-state index is 0.503. The van der Waals surface area contributed by atoms with E-state index in [1.165, 1.54) is 32.1 Å². The zero-order valence-electron chi connectivity index (χ0n) is 14.7. The molecule has 4 rings (SSSR count). The molecule has 1 aliphatic carbocycles. The van der Waals surface area contributed by atoms with Crippen LogP contribution in [0, 0.1) is 5.92 Å². The smallest absolute Gasteiger partial charge is 0.163 e. The topological polar surface area (TPSA) is 50.7 Å². The molecule has 128 valence electrons. The van der Waals surface area contributed by atoms with Crippen LogP contribution >= 0.6 is 0 Å². The first-order chi connectivity index (χ1) is 12.3. The maximum absolute atomic E-state index is 4.84. The van der Waals surface area contributed by atoms with Crippen LogP contribution in [0.4, 0.5) is 5.82 Å². The predicted octanol–water partition coefficient (Wildman–Crippen LogP) is 5.07. The molecule has 4 nitrogen and oxygen atoms in total. The van der Waals surface area contributed by atoms with Gasteiger partial charge in [-0.15, -0.1) is 0 Å². The van der Waals surface area contributed by atoms with Crippen LogP contribution in [0.5, 0.6) is 0 Å². The van der Waals surface area contributed by atoms with E-state index in [0.717, 1.165) is 34.0 Å². The highest BCUT2D eigenvalue weighted by Crippen LogP contribution is 2.30. The summed E-state index contributed by atoms with van der Waals surface area (Å²) < 4.78 is 0. The van der Waals surface area contributed by atoms with E-state index in [-0.39, 0.29) is 0 Å². The molecule has 0 radical (unpaired) electrons. The van der Waals surface area contributed by atoms with Gasteiger partial charge >= 0.3 is 0 Å². The highest BCUT2D eigenvalue weighted by Gasteiger charge is 2.21. The Bertz CT molecular complexity index is 839. The van der Waals surface area contributed by atoms with Crippen molar-refractivity contribution in [1.29, 1.82) is 0 Å². The van der Waals surface area contributed by atoms with Crippen LogP contribution in [-0.4, -0.2) is 21.0 Å². The average molecular weight is 332 g/mol. The lowest BCUT2D eigenvalue weighted by molar-refractivity contribution is 0.330. The lowest BCUT2D eigenvalue weighted by Crippen LogP contribution is -2.26. The Kier molecular flexibility index (Phi) is 4.59. The van der Waals surface area contributed by atoms with Gasteiger partial charge in [-0.25, -0.2) is 9.97 Å². The number of pyridine rings is 1. The van der Waals surface area contributed by atoms with Crippen LogP contribution in [0.1, 0.15) is 39.0 Å². The van der Waals surface area contributed by atoms with Gasteiger partial charge in [-0.3, -0.25) is 4.98 Å². The van der Waals surface area contributed by atoms with E-state index < -0.39 is 0 Å². The zero-order chi connectivity index (χ0) is 17.1. The van der Waals surface area contributed by atoms with Crippen LogP contribution < -0.4 is 5.32 Å². The Morgan fingerprint density at radius 3 is 2.60 bits per heavy atom. The first kappa shape index (κ1) is 16.0. The van der Waals surface area contributed by atoms with Crippen molar-refractivity contribution >= 4 is 16.7 Å². The maximum atomic E-state index is 4.84. The van der Waals surface area contributed by atoms with Crippen molar-refractivity contribution in [2.45, 2.75) is 45.1 Å². The highest BCUT2D eigenvalue weighted by molar-refractivity contribution is 5.90. The number of hydrogen-bond acceptors (Lipinski definition) is 4. The fourth-order valence-electron chi connectivity index (χ4n) is 3.72. The Morgan fingerprint density at radius 1 is 1.00 bits per heavy atom. The van der Waals surface area contributed by atoms with Gasteiger partial charge in [-0.2, -0.15) is 0 Å². The summed E-state index contributed by atoms with van der Waals surface area (Å²) in [5, 5.41) is 4.80. The zero-order valence-corrected chi connectivity index (χ0v) is 14.7. The minimum Gasteiger partial charge on any atom is -0.367 e. The number of fused-ring (bicyclic) bond motifs is 1. The first-order valence-electron chi connectivity index (χ1n) is 9.27. The number of rotatable bonds is 4. The molecule has 0 aliphatic heterocycles. The molecule has 4 heteroatoms. The summed E-state index contributed by atoms with van der Waals surface area (Å²) in [5.74, 6) is 2.58. The number of nitrogens with zero attached hydrogens (tertiary/aromatic N) is 3. The Balaban J connectivity index is 1.67. The molecule has 0 bridgehead atoms. The third-order valence-corrected chi connectivity index (χ3v) is 5.29. The van der Waals surface area contributed by atoms with Crippen molar-refractivity contribution in [3.05, 3.63) is 48.8 Å². The van der Waals surface area contributed by atoms with Gasteiger partial charge in [-0.1, -0.05) is 25.5 Å². The molecule has 25 heavy (non-hydrogen) atoms. The number of hydrogen-bond donors (Lipinski definition) is 1. The van der Waals surface area contributed by atoms with E-state index >= 15 is 0 Å². The van der Waals surface area contributed by atoms with Crippen molar-refractivity contribution in [3.8, 4) is 11.4 Å². The normalized spacial score (nSPS) is 20.5. The molecule has 0 atom stereocenters. The molecular weight excluding hydrogens is 308 g/mol. The van der Waals surface area contributed by atoms with Crippen LogP contribution in [0.15, 0.2) is 48.8 Å². The van der Waals surface area contributed by atoms with Crippen molar-refractivity contribution in [1.82, 2.24) is 15.0 Å². The second-order valence-corrected chi connectivity index (χ2v) is 6.92. The Labute approximate surface area is 148 Å². The molecule has 0 unspecified atom stereocenters. The quantitative estimate of drug-likeness (QED) is 0.724. The third kappa shape index (κ3) is 3.48. The minimum atomic E-state index is 0.503. The van der Waals surface area contributed by atoms with Crippen molar-refractivity contribution in [2.24, 2.45) is 5.92 Å². The molecular formula is C21H24N4. The molecule has 1 saturated carbocycles. The summed E-state index contributed by atoms with van der Waals surface area (Å²) in [6, 6.07) is 12.7. The summed E-state index contributed by atoms with van der Waals surface area (Å²) >= 11 is 0. The van der Waals surface area contributed by atoms with Crippen molar-refractivity contribution in [3.63, 3.8) is 0 Å². The summed E-state index contributed by atoms with van der Waals surface area (Å²) in [6.45, 7) is 2.30. The summed E-state index contributed by atoms with van der Waals surface area (Å²) in [5.41, 5.74) is 1.92. The van der Waals surface area contributed by atoms with E-state index in [9.17, 15) is 0 Å². The summed E-state index contributed by atoms with van der Waals surface area (Å²) in [7, 11) is 0. The van der Waals surface area contributed by atoms with Gasteiger partial charge in [0.1, 0.15) is 5.82 Å². The lowest BCUT2D eigenvalue weighted by atomic mass is 9.84. The maximum Gasteiger partial charge on any atom is 0.163 e. The molecule has 0 saturated heterocycles. The number of para-hydroxylation sites is 1. The molecule has 0 amide bonds. The summed E-state index contributed by atoms with van der Waals surface area (Å²) in [4.78, 5) is 13.8. The molecule has 3 aromatic rings. The van der Waals surface area contributed by atoms with Crippen molar-refractivity contribution < 1.29 is 0 Å². The molecule has 1 N–H and O–H groups in total. The van der Waals surface area contributed by atoms with Crippen molar-refractivity contribution in [2.75, 3.05) is 5.32 Å². The van der Waals surface area contributed by atoms with E-state index in [1.807, 2.05) is 24.4 Å². The van der Waals surface area contributed by atoms with E-state index in [1.54, 1.807) is 6.20 Å². The van der Waals surface area contributed by atoms with Crippen LogP contribution in [0.2, 0.25) is 0 Å². The largest absolute Gasteiger partial charge is 0.367 e. The van der Waals surface area contributed by atoms with E-state index in [0.29, 0.717) is 6.04 Å². The fraction of sp³-hybridized carbons (Fsp3) is 0.381. The lowest BCUT2D eigenvalue weighted by Gasteiger charge is -2.29. The van der Waals surface area contributed by atoms with E-state index in [2.05, 4.69) is 35.4 Å². The van der Waals surface area contributed by atoms with Gasteiger partial charge in [0.05, 0.1) is 5.52 Å². The first-order valence-corrected chi connectivity index (χ1v) is 9.27. The summed E-state index contributed by atoms with van der Waals surface area (Å²) in [6.07, 6.45) is 9.96. The Hall–Kier alpha value is -2.49. The molecule has 1 aromatic carbocycles. The van der Waals surface area contributed by atoms with Crippen LogP contribution in [0.25, 0.3) is 22.3 Å². The van der Waals surface area contributed by atoms with Gasteiger partial charge in [0.15, 0.2) is 5.82 Å². The van der Waals surface area contributed by atoms with Gasteiger partial charge < -0.3 is 5.32 Å². The molecule has 1 aliphatic rings. The third-order valence-electron chi connectivity index (χ3n) is 5.29. The van der Waals surface area contributed by atoms with Crippen LogP contribution in [0.3, 0.4) is 0 Å². The highest BCUT2D eigenvalue weighted by atomic mass is 15.1. The second-order valence-electron chi connectivity index (χ2n) is 6.92. The van der Waals surface area contributed by atoms with Gasteiger partial charge in [-0.05, 0) is 55.9 Å². The number of nitrogens with one attached hydrogen (secondary N) is 1. The number of benzene rings is 1. The second kappa shape index (κ2) is 7.18. The van der Waals surface area contributed by atoms with Gasteiger partial charge in [0.25, 0.3) is 0 Å². The fourth-order valence-corrected chi connectivity index (χ4v) is 3.72. The SMILES string of the molecule is CCC1CCC(Nc2nc(-c3cccnc3)nc3ccccc23)CC1. The molecule has 1 fully saturated rings. The van der Waals surface area contributed by atoms with E-state index in [4.69, 9.17) is 9.97 Å². The van der Waals surface area contributed by atoms with Gasteiger partial charge in [0.2, 0.25) is 0 Å². The molecule has 2 aromatic heterocycles. The van der Waals surface area contributed by atoms with Crippen LogP contribution in [-0.2, 0) is 0 Å². The molecule has 2 heterocycles. The monoisotopic (exact) mass is 332 g/mol. The van der Waals surface area contributed by atoms with Gasteiger partial charge in [0, 0.05) is 29.4 Å². The average Bonchev–Trinajstić information content (AvgIpc) is 2.69. The number of aromatic nitrogens is 3. The number of anilines is 1.